The number of benzene rings is 3. The molecule has 0 unspecified atom stereocenters. The third-order valence-electron chi connectivity index (χ3n) is 6.57. The molecule has 1 fully saturated rings. The molecule has 194 valence electrons. The number of hydrogen-bond acceptors (Lipinski definition) is 4. The number of halogens is 1. The van der Waals surface area contributed by atoms with Crippen LogP contribution in [0.5, 0.6) is 0 Å². The molecule has 1 heterocycles. The van der Waals surface area contributed by atoms with Crippen molar-refractivity contribution >= 4 is 11.8 Å². The summed E-state index contributed by atoms with van der Waals surface area (Å²) in [6.07, 6.45) is 0.556. The summed E-state index contributed by atoms with van der Waals surface area (Å²) in [5.41, 5.74) is 2.61. The topological polar surface area (TPSA) is 61.9 Å². The number of rotatable bonds is 11. The number of hydrogen-bond donors (Lipinski definition) is 1. The molecular weight excluding hydrogens is 469 g/mol. The first-order valence-electron chi connectivity index (χ1n) is 12.8. The molecule has 3 aromatic rings. The van der Waals surface area contributed by atoms with E-state index < -0.39 is 6.04 Å². The second-order valence-corrected chi connectivity index (χ2v) is 9.26. The summed E-state index contributed by atoms with van der Waals surface area (Å²) < 4.78 is 19.0. The molecule has 1 saturated heterocycles. The summed E-state index contributed by atoms with van der Waals surface area (Å²) >= 11 is 0. The van der Waals surface area contributed by atoms with Crippen molar-refractivity contribution in [1.82, 2.24) is 15.1 Å². The molecule has 37 heavy (non-hydrogen) atoms. The van der Waals surface area contributed by atoms with Gasteiger partial charge < -0.3 is 15.0 Å². The average Bonchev–Trinajstić information content (AvgIpc) is 2.93. The van der Waals surface area contributed by atoms with Crippen LogP contribution in [0.15, 0.2) is 84.9 Å². The second-order valence-electron chi connectivity index (χ2n) is 9.26. The van der Waals surface area contributed by atoms with E-state index in [1.165, 1.54) is 12.1 Å². The molecule has 2 amide bonds. The molecule has 4 rings (SSSR count). The molecule has 3 aromatic carbocycles. The van der Waals surface area contributed by atoms with E-state index in [0.717, 1.165) is 36.3 Å². The van der Waals surface area contributed by atoms with Gasteiger partial charge in [-0.3, -0.25) is 14.5 Å². The Morgan fingerprint density at radius 2 is 1.49 bits per heavy atom. The van der Waals surface area contributed by atoms with Gasteiger partial charge in [0, 0.05) is 39.1 Å². The highest BCUT2D eigenvalue weighted by Crippen LogP contribution is 2.17. The van der Waals surface area contributed by atoms with Gasteiger partial charge in [-0.1, -0.05) is 72.8 Å². The van der Waals surface area contributed by atoms with Crippen LogP contribution in [-0.4, -0.2) is 67.0 Å². The molecule has 0 aliphatic carbocycles. The molecule has 1 atom stereocenters. The van der Waals surface area contributed by atoms with Crippen LogP contribution < -0.4 is 5.32 Å². The number of carbonyl (C=O) groups excluding carboxylic acids is 2. The SMILES string of the molecule is O=C(NCCN1CCOCC1)[C@H](Cc1ccccc1)N(Cc1ccc(F)cc1)C(=O)Cc1ccccc1. The molecule has 0 aromatic heterocycles. The number of ether oxygens (including phenoxy) is 1. The van der Waals surface area contributed by atoms with E-state index in [-0.39, 0.29) is 30.6 Å². The Morgan fingerprint density at radius 3 is 2.14 bits per heavy atom. The van der Waals surface area contributed by atoms with Gasteiger partial charge in [0.25, 0.3) is 0 Å². The lowest BCUT2D eigenvalue weighted by molar-refractivity contribution is -0.140. The summed E-state index contributed by atoms with van der Waals surface area (Å²) in [5, 5.41) is 3.07. The fourth-order valence-corrected chi connectivity index (χ4v) is 4.49. The van der Waals surface area contributed by atoms with Gasteiger partial charge in [-0.15, -0.1) is 0 Å². The van der Waals surface area contributed by atoms with Gasteiger partial charge in [0.15, 0.2) is 0 Å². The first-order chi connectivity index (χ1) is 18.1. The van der Waals surface area contributed by atoms with Gasteiger partial charge >= 0.3 is 0 Å². The maximum atomic E-state index is 13.7. The van der Waals surface area contributed by atoms with Gasteiger partial charge in [-0.25, -0.2) is 4.39 Å². The van der Waals surface area contributed by atoms with Crippen molar-refractivity contribution in [3.63, 3.8) is 0 Å². The first kappa shape index (κ1) is 26.5. The molecule has 1 aliphatic rings. The summed E-state index contributed by atoms with van der Waals surface area (Å²) in [7, 11) is 0. The Bertz CT molecular complexity index is 1120. The zero-order valence-corrected chi connectivity index (χ0v) is 21.0. The van der Waals surface area contributed by atoms with Crippen LogP contribution in [0.25, 0.3) is 0 Å². The van der Waals surface area contributed by atoms with E-state index in [1.807, 2.05) is 60.7 Å². The van der Waals surface area contributed by atoms with E-state index in [4.69, 9.17) is 4.74 Å². The third kappa shape index (κ3) is 8.23. The van der Waals surface area contributed by atoms with Crippen molar-refractivity contribution in [2.24, 2.45) is 0 Å². The minimum atomic E-state index is -0.714. The normalized spacial score (nSPS) is 14.6. The minimum absolute atomic E-state index is 0.153. The molecule has 0 saturated carbocycles. The Balaban J connectivity index is 1.56. The van der Waals surface area contributed by atoms with Crippen LogP contribution in [0.4, 0.5) is 4.39 Å². The van der Waals surface area contributed by atoms with E-state index in [9.17, 15) is 14.0 Å². The van der Waals surface area contributed by atoms with Gasteiger partial charge in [0.2, 0.25) is 11.8 Å². The van der Waals surface area contributed by atoms with Gasteiger partial charge in [-0.05, 0) is 28.8 Å². The number of morpholine rings is 1. The summed E-state index contributed by atoms with van der Waals surface area (Å²) in [5.74, 6) is -0.687. The summed E-state index contributed by atoms with van der Waals surface area (Å²) in [6, 6.07) is 24.6. The zero-order valence-electron chi connectivity index (χ0n) is 21.0. The van der Waals surface area contributed by atoms with Crippen LogP contribution in [0.1, 0.15) is 16.7 Å². The van der Waals surface area contributed by atoms with Crippen LogP contribution in [0, 0.1) is 5.82 Å². The molecule has 1 aliphatic heterocycles. The fraction of sp³-hybridized carbons (Fsp3) is 0.333. The number of amides is 2. The molecular formula is C30H34FN3O3. The summed E-state index contributed by atoms with van der Waals surface area (Å²) in [6.45, 7) is 4.50. The molecule has 1 N–H and O–H groups in total. The molecule has 6 nitrogen and oxygen atoms in total. The van der Waals surface area contributed by atoms with E-state index >= 15 is 0 Å². The smallest absolute Gasteiger partial charge is 0.243 e. The molecule has 0 radical (unpaired) electrons. The molecule has 7 heteroatoms. The van der Waals surface area contributed by atoms with Crippen molar-refractivity contribution in [3.8, 4) is 0 Å². The highest BCUT2D eigenvalue weighted by Gasteiger charge is 2.30. The zero-order chi connectivity index (χ0) is 25.9. The maximum Gasteiger partial charge on any atom is 0.243 e. The predicted molar refractivity (Wildman–Crippen MR) is 141 cm³/mol. The van der Waals surface area contributed by atoms with Crippen LogP contribution in [0.2, 0.25) is 0 Å². The van der Waals surface area contributed by atoms with Gasteiger partial charge in [-0.2, -0.15) is 0 Å². The lowest BCUT2D eigenvalue weighted by atomic mass is 10.0. The number of carbonyl (C=O) groups is 2. The lowest BCUT2D eigenvalue weighted by Crippen LogP contribution is -2.52. The van der Waals surface area contributed by atoms with Crippen molar-refractivity contribution < 1.29 is 18.7 Å². The highest BCUT2D eigenvalue weighted by atomic mass is 19.1. The Labute approximate surface area is 218 Å². The standard InChI is InChI=1S/C30H34FN3O3/c31-27-13-11-26(12-14-27)23-34(29(35)22-25-9-5-2-6-10-25)28(21-24-7-3-1-4-8-24)30(36)32-15-16-33-17-19-37-20-18-33/h1-14,28H,15-23H2,(H,32,36)/t28-/m0/s1. The maximum absolute atomic E-state index is 13.7. The monoisotopic (exact) mass is 503 g/mol. The van der Waals surface area contributed by atoms with Crippen LogP contribution in [0.3, 0.4) is 0 Å². The Hall–Kier alpha value is -3.55. The van der Waals surface area contributed by atoms with Crippen molar-refractivity contribution in [3.05, 3.63) is 107 Å². The van der Waals surface area contributed by atoms with Crippen LogP contribution >= 0.6 is 0 Å². The number of nitrogens with one attached hydrogen (secondary N) is 1. The fourth-order valence-electron chi connectivity index (χ4n) is 4.49. The van der Waals surface area contributed by atoms with Crippen molar-refractivity contribution in [2.75, 3.05) is 39.4 Å². The quantitative estimate of drug-likeness (QED) is 0.436. The average molecular weight is 504 g/mol. The van der Waals surface area contributed by atoms with E-state index in [0.29, 0.717) is 26.2 Å². The predicted octanol–water partition coefficient (Wildman–Crippen LogP) is 3.46. The van der Waals surface area contributed by atoms with E-state index in [1.54, 1.807) is 17.0 Å². The van der Waals surface area contributed by atoms with Crippen molar-refractivity contribution in [1.29, 1.82) is 0 Å². The summed E-state index contributed by atoms with van der Waals surface area (Å²) in [4.78, 5) is 31.2. The minimum Gasteiger partial charge on any atom is -0.379 e. The lowest BCUT2D eigenvalue weighted by Gasteiger charge is -2.32. The van der Waals surface area contributed by atoms with Gasteiger partial charge in [0.1, 0.15) is 11.9 Å². The van der Waals surface area contributed by atoms with Gasteiger partial charge in [0.05, 0.1) is 19.6 Å². The molecule has 0 bridgehead atoms. The van der Waals surface area contributed by atoms with Crippen LogP contribution in [-0.2, 0) is 33.7 Å². The second kappa shape index (κ2) is 13.7. The highest BCUT2D eigenvalue weighted by molar-refractivity contribution is 5.88. The van der Waals surface area contributed by atoms with E-state index in [2.05, 4.69) is 10.2 Å². The Kier molecular flexibility index (Phi) is 9.80. The number of nitrogens with zero attached hydrogens (tertiary/aromatic N) is 2. The molecule has 0 spiro atoms. The Morgan fingerprint density at radius 1 is 0.865 bits per heavy atom. The first-order valence-corrected chi connectivity index (χ1v) is 12.8. The third-order valence-corrected chi connectivity index (χ3v) is 6.57. The van der Waals surface area contributed by atoms with Crippen molar-refractivity contribution in [2.45, 2.75) is 25.4 Å². The largest absolute Gasteiger partial charge is 0.379 e.